The van der Waals surface area contributed by atoms with E-state index in [4.69, 9.17) is 11.6 Å². The monoisotopic (exact) mass is 448 g/mol. The van der Waals surface area contributed by atoms with Gasteiger partial charge < -0.3 is 10.1 Å². The van der Waals surface area contributed by atoms with Crippen molar-refractivity contribution >= 4 is 36.4 Å². The summed E-state index contributed by atoms with van der Waals surface area (Å²) in [6.07, 6.45) is -10.4. The zero-order valence-electron chi connectivity index (χ0n) is 13.2. The second kappa shape index (κ2) is 10.1. The maximum atomic E-state index is 12.9. The zero-order chi connectivity index (χ0) is 18.0. The molecular weight excluding hydrogens is 433 g/mol. The van der Waals surface area contributed by atoms with Crippen LogP contribution in [0.3, 0.4) is 0 Å². The minimum atomic E-state index is -4.92. The Balaban J connectivity index is 0.00000312. The molecule has 0 aromatic heterocycles. The predicted molar refractivity (Wildman–Crippen MR) is 90.5 cm³/mol. The number of hydrogen-bond acceptors (Lipinski definition) is 3. The summed E-state index contributed by atoms with van der Waals surface area (Å²) in [5.74, 6) is -0.640. The van der Waals surface area contributed by atoms with Gasteiger partial charge >= 0.3 is 12.5 Å². The second-order valence-corrected chi connectivity index (χ2v) is 5.77. The molecule has 1 fully saturated rings. The number of hydrogen-bond donors (Lipinski definition) is 1. The standard InChI is InChI=1S/C14H15ClF6N2O.2ClH/c15-10-7-9(1-2-12(10)24-14(19,20)21)11(8-13(16,17)18)23-5-3-22-4-6-23;;/h1-2,7,11,22H,3-6,8H2;2*1H/t11-;;/m0../s1. The lowest BCUT2D eigenvalue weighted by Gasteiger charge is -2.35. The first kappa shape index (κ1) is 25.4. The highest BCUT2D eigenvalue weighted by molar-refractivity contribution is 6.32. The molecule has 0 unspecified atom stereocenters. The van der Waals surface area contributed by atoms with Gasteiger partial charge in [-0.3, -0.25) is 4.90 Å². The van der Waals surface area contributed by atoms with Gasteiger partial charge in [-0.2, -0.15) is 13.2 Å². The third-order valence-electron chi connectivity index (χ3n) is 3.58. The van der Waals surface area contributed by atoms with Gasteiger partial charge in [0.25, 0.3) is 0 Å². The first-order valence-electron chi connectivity index (χ1n) is 7.12. The van der Waals surface area contributed by atoms with Gasteiger partial charge in [0.05, 0.1) is 11.4 Å². The fourth-order valence-corrected chi connectivity index (χ4v) is 2.83. The van der Waals surface area contributed by atoms with Crippen molar-refractivity contribution in [2.24, 2.45) is 0 Å². The van der Waals surface area contributed by atoms with E-state index < -0.39 is 30.8 Å². The quantitative estimate of drug-likeness (QED) is 0.656. The Labute approximate surface area is 163 Å². The van der Waals surface area contributed by atoms with Crippen LogP contribution in [0.2, 0.25) is 5.02 Å². The van der Waals surface area contributed by atoms with Crippen molar-refractivity contribution in [2.45, 2.75) is 25.0 Å². The Hall–Kier alpha value is -0.610. The van der Waals surface area contributed by atoms with Gasteiger partial charge in [0.15, 0.2) is 0 Å². The number of nitrogens with one attached hydrogen (secondary N) is 1. The van der Waals surface area contributed by atoms with Crippen molar-refractivity contribution in [3.8, 4) is 5.75 Å². The molecule has 0 amide bonds. The molecule has 1 saturated heterocycles. The molecule has 0 spiro atoms. The molecule has 26 heavy (non-hydrogen) atoms. The van der Waals surface area contributed by atoms with Crippen LogP contribution in [-0.2, 0) is 0 Å². The number of halogens is 9. The minimum absolute atomic E-state index is 0. The van der Waals surface area contributed by atoms with Crippen molar-refractivity contribution in [3.63, 3.8) is 0 Å². The van der Waals surface area contributed by atoms with E-state index in [0.29, 0.717) is 26.2 Å². The van der Waals surface area contributed by atoms with Gasteiger partial charge in [0.2, 0.25) is 0 Å². The van der Waals surface area contributed by atoms with Crippen molar-refractivity contribution < 1.29 is 31.1 Å². The van der Waals surface area contributed by atoms with Crippen LogP contribution in [0.15, 0.2) is 18.2 Å². The van der Waals surface area contributed by atoms with Crippen LogP contribution >= 0.6 is 36.4 Å². The Morgan fingerprint density at radius 3 is 2.12 bits per heavy atom. The van der Waals surface area contributed by atoms with E-state index in [1.165, 1.54) is 6.07 Å². The Morgan fingerprint density at radius 2 is 1.65 bits per heavy atom. The van der Waals surface area contributed by atoms with Crippen LogP contribution in [0.25, 0.3) is 0 Å². The summed E-state index contributed by atoms with van der Waals surface area (Å²) in [6, 6.07) is 2.22. The SMILES string of the molecule is Cl.Cl.FC(F)(F)C[C@@H](c1ccc(OC(F)(F)F)c(Cl)c1)N1CCNCC1. The third-order valence-corrected chi connectivity index (χ3v) is 3.88. The molecule has 1 N–H and O–H groups in total. The van der Waals surface area contributed by atoms with E-state index in [2.05, 4.69) is 10.1 Å². The van der Waals surface area contributed by atoms with E-state index >= 15 is 0 Å². The van der Waals surface area contributed by atoms with E-state index in [1.807, 2.05) is 0 Å². The smallest absolute Gasteiger partial charge is 0.404 e. The number of rotatable bonds is 4. The highest BCUT2D eigenvalue weighted by Gasteiger charge is 2.37. The second-order valence-electron chi connectivity index (χ2n) is 5.36. The fourth-order valence-electron chi connectivity index (χ4n) is 2.60. The largest absolute Gasteiger partial charge is 0.573 e. The van der Waals surface area contributed by atoms with Crippen molar-refractivity contribution in [3.05, 3.63) is 28.8 Å². The van der Waals surface area contributed by atoms with Crippen molar-refractivity contribution in [1.29, 1.82) is 0 Å². The molecule has 1 aliphatic heterocycles. The maximum absolute atomic E-state index is 12.9. The van der Waals surface area contributed by atoms with Crippen LogP contribution in [0, 0.1) is 0 Å². The normalized spacial score (nSPS) is 17.0. The van der Waals surface area contributed by atoms with Gasteiger partial charge in [-0.25, -0.2) is 0 Å². The molecule has 0 bridgehead atoms. The summed E-state index contributed by atoms with van der Waals surface area (Å²) in [5, 5.41) is 2.65. The first-order valence-corrected chi connectivity index (χ1v) is 7.50. The van der Waals surface area contributed by atoms with Crippen molar-refractivity contribution in [2.75, 3.05) is 26.2 Å². The number of alkyl halides is 6. The summed E-state index contributed by atoms with van der Waals surface area (Å²) in [5.41, 5.74) is 0.203. The Morgan fingerprint density at radius 1 is 1.08 bits per heavy atom. The Kier molecular flexibility index (Phi) is 9.84. The van der Waals surface area contributed by atoms with Gasteiger partial charge in [0.1, 0.15) is 5.75 Å². The summed E-state index contributed by atoms with van der Waals surface area (Å²) in [6.45, 7) is 1.88. The molecule has 3 nitrogen and oxygen atoms in total. The molecule has 1 aromatic carbocycles. The maximum Gasteiger partial charge on any atom is 0.573 e. The summed E-state index contributed by atoms with van der Waals surface area (Å²) in [7, 11) is 0. The minimum Gasteiger partial charge on any atom is -0.404 e. The molecule has 0 saturated carbocycles. The highest BCUT2D eigenvalue weighted by Crippen LogP contribution is 2.38. The molecule has 1 aromatic rings. The summed E-state index contributed by atoms with van der Waals surface area (Å²) < 4.78 is 79.2. The first-order chi connectivity index (χ1) is 11.1. The van der Waals surface area contributed by atoms with E-state index in [9.17, 15) is 26.3 Å². The number of benzene rings is 1. The van der Waals surface area contributed by atoms with E-state index in [1.54, 1.807) is 4.90 Å². The van der Waals surface area contributed by atoms with Crippen LogP contribution in [0.1, 0.15) is 18.0 Å². The average molecular weight is 450 g/mol. The topological polar surface area (TPSA) is 24.5 Å². The predicted octanol–water partition coefficient (Wildman–Crippen LogP) is 4.98. The van der Waals surface area contributed by atoms with Gasteiger partial charge in [-0.05, 0) is 17.7 Å². The van der Waals surface area contributed by atoms with Gasteiger partial charge in [0, 0.05) is 32.2 Å². The molecule has 0 aliphatic carbocycles. The molecule has 152 valence electrons. The zero-order valence-corrected chi connectivity index (χ0v) is 15.6. The van der Waals surface area contributed by atoms with Crippen LogP contribution in [0.5, 0.6) is 5.75 Å². The van der Waals surface area contributed by atoms with Gasteiger partial charge in [-0.1, -0.05) is 17.7 Å². The van der Waals surface area contributed by atoms with Gasteiger partial charge in [-0.15, -0.1) is 38.0 Å². The molecule has 1 atom stereocenters. The third kappa shape index (κ3) is 7.96. The molecular formula is C14H17Cl3F6N2O. The number of piperazine rings is 1. The lowest BCUT2D eigenvalue weighted by atomic mass is 10.0. The van der Waals surface area contributed by atoms with Crippen LogP contribution < -0.4 is 10.1 Å². The lowest BCUT2D eigenvalue weighted by Crippen LogP contribution is -2.46. The van der Waals surface area contributed by atoms with Crippen LogP contribution in [-0.4, -0.2) is 43.6 Å². The molecule has 12 heteroatoms. The average Bonchev–Trinajstić information content (AvgIpc) is 2.46. The lowest BCUT2D eigenvalue weighted by molar-refractivity contribution is -0.274. The fraction of sp³-hybridized carbons (Fsp3) is 0.571. The molecule has 1 heterocycles. The van der Waals surface area contributed by atoms with Crippen LogP contribution in [0.4, 0.5) is 26.3 Å². The van der Waals surface area contributed by atoms with Crippen molar-refractivity contribution in [1.82, 2.24) is 10.2 Å². The summed E-state index contributed by atoms with van der Waals surface area (Å²) in [4.78, 5) is 1.64. The molecule has 0 radical (unpaired) electrons. The molecule has 1 aliphatic rings. The molecule has 2 rings (SSSR count). The highest BCUT2D eigenvalue weighted by atomic mass is 35.5. The van der Waals surface area contributed by atoms with E-state index in [-0.39, 0.29) is 35.4 Å². The number of ether oxygens (including phenoxy) is 1. The van der Waals surface area contributed by atoms with E-state index in [0.717, 1.165) is 12.1 Å². The number of nitrogens with zero attached hydrogens (tertiary/aromatic N) is 1. The Bertz CT molecular complexity index is 565. The summed E-state index contributed by atoms with van der Waals surface area (Å²) >= 11 is 5.75.